The summed E-state index contributed by atoms with van der Waals surface area (Å²) in [5.74, 6) is 0.149. The second kappa shape index (κ2) is 6.91. The Morgan fingerprint density at radius 1 is 1.52 bits per heavy atom. The lowest BCUT2D eigenvalue weighted by molar-refractivity contribution is 0.0526. The number of rotatable bonds is 5. The monoisotopic (exact) mass is 369 g/mol. The largest absolute Gasteiger partial charge is 0.462 e. The number of pyridine rings is 1. The highest BCUT2D eigenvalue weighted by Crippen LogP contribution is 2.25. The molecule has 0 unspecified atom stereocenters. The van der Waals surface area contributed by atoms with Crippen molar-refractivity contribution in [2.24, 2.45) is 0 Å². The Hall–Kier alpha value is -1.60. The molecule has 0 amide bonds. The van der Waals surface area contributed by atoms with E-state index in [0.717, 1.165) is 9.35 Å². The molecule has 0 bridgehead atoms. The van der Waals surface area contributed by atoms with E-state index in [0.29, 0.717) is 30.2 Å². The Morgan fingerprint density at radius 3 is 2.90 bits per heavy atom. The average Bonchev–Trinajstić information content (AvgIpc) is 2.84. The lowest BCUT2D eigenvalue weighted by Crippen LogP contribution is -2.21. The Bertz CT molecular complexity index is 645. The van der Waals surface area contributed by atoms with Crippen molar-refractivity contribution < 1.29 is 9.53 Å². The molecule has 2 N–H and O–H groups in total. The minimum atomic E-state index is -0.411. The lowest BCUT2D eigenvalue weighted by Gasteiger charge is -2.20. The van der Waals surface area contributed by atoms with E-state index in [-0.39, 0.29) is 0 Å². The summed E-state index contributed by atoms with van der Waals surface area (Å²) < 4.78 is 6.13. The van der Waals surface area contributed by atoms with E-state index < -0.39 is 5.97 Å². The molecule has 0 aliphatic heterocycles. The molecule has 0 fully saturated rings. The first-order chi connectivity index (χ1) is 10.0. The van der Waals surface area contributed by atoms with Gasteiger partial charge in [0.15, 0.2) is 0 Å². The van der Waals surface area contributed by atoms with Crippen molar-refractivity contribution in [3.63, 3.8) is 0 Å². The van der Waals surface area contributed by atoms with Crippen LogP contribution >= 0.6 is 27.3 Å². The zero-order chi connectivity index (χ0) is 15.4. The van der Waals surface area contributed by atoms with Crippen LogP contribution in [0.2, 0.25) is 0 Å². The quantitative estimate of drug-likeness (QED) is 0.818. The Kier molecular flexibility index (Phi) is 5.19. The number of hydrogen-bond donors (Lipinski definition) is 1. The average molecular weight is 370 g/mol. The molecule has 0 aliphatic carbocycles. The molecule has 0 saturated heterocycles. The Morgan fingerprint density at radius 2 is 2.29 bits per heavy atom. The first-order valence-electron chi connectivity index (χ1n) is 6.38. The van der Waals surface area contributed by atoms with Gasteiger partial charge in [0.25, 0.3) is 0 Å². The summed E-state index contributed by atoms with van der Waals surface area (Å²) in [7, 11) is 1.88. The van der Waals surface area contributed by atoms with Gasteiger partial charge in [-0.1, -0.05) is 0 Å². The number of nitrogens with zero attached hydrogens (tertiary/aromatic N) is 2. The number of carbonyl (C=O) groups is 1. The summed E-state index contributed by atoms with van der Waals surface area (Å²) in [6.45, 7) is 2.73. The third-order valence-corrected chi connectivity index (χ3v) is 4.34. The number of thiophene rings is 1. The highest BCUT2D eigenvalue weighted by atomic mass is 79.9. The number of aromatic nitrogens is 1. The van der Waals surface area contributed by atoms with Gasteiger partial charge in [-0.3, -0.25) is 0 Å². The van der Waals surface area contributed by atoms with Crippen LogP contribution in [0.1, 0.15) is 22.8 Å². The maximum Gasteiger partial charge on any atom is 0.341 e. The van der Waals surface area contributed by atoms with Gasteiger partial charge in [0.1, 0.15) is 11.4 Å². The summed E-state index contributed by atoms with van der Waals surface area (Å²) >= 11 is 5.06. The van der Waals surface area contributed by atoms with Crippen LogP contribution in [-0.4, -0.2) is 24.6 Å². The second-order valence-electron chi connectivity index (χ2n) is 4.48. The lowest BCUT2D eigenvalue weighted by atomic mass is 10.2. The van der Waals surface area contributed by atoms with Crippen molar-refractivity contribution in [2.75, 3.05) is 24.3 Å². The predicted octanol–water partition coefficient (Wildman–Crippen LogP) is 3.30. The minimum absolute atomic E-state index is 0.314. The fraction of sp³-hybridized carbons (Fsp3) is 0.286. The van der Waals surface area contributed by atoms with Gasteiger partial charge in [-0.15, -0.1) is 11.3 Å². The van der Waals surface area contributed by atoms with Crippen LogP contribution < -0.4 is 10.6 Å². The van der Waals surface area contributed by atoms with Gasteiger partial charge in [0, 0.05) is 13.6 Å². The summed E-state index contributed by atoms with van der Waals surface area (Å²) in [5.41, 5.74) is 7.69. The van der Waals surface area contributed by atoms with E-state index in [2.05, 4.69) is 26.3 Å². The van der Waals surface area contributed by atoms with Crippen molar-refractivity contribution >= 4 is 44.7 Å². The third-order valence-electron chi connectivity index (χ3n) is 2.79. The van der Waals surface area contributed by atoms with E-state index in [1.165, 1.54) is 6.20 Å². The molecule has 0 spiro atoms. The van der Waals surface area contributed by atoms with E-state index in [4.69, 9.17) is 10.5 Å². The number of halogens is 1. The van der Waals surface area contributed by atoms with E-state index >= 15 is 0 Å². The zero-order valence-corrected chi connectivity index (χ0v) is 14.2. The van der Waals surface area contributed by atoms with Crippen molar-refractivity contribution in [3.8, 4) is 0 Å². The first kappa shape index (κ1) is 15.8. The molecular formula is C14H16BrN3O2S. The summed E-state index contributed by atoms with van der Waals surface area (Å²) in [4.78, 5) is 18.2. The third kappa shape index (κ3) is 3.95. The summed E-state index contributed by atoms with van der Waals surface area (Å²) in [5, 5.41) is 2.06. The molecule has 5 nitrogen and oxygen atoms in total. The van der Waals surface area contributed by atoms with Gasteiger partial charge in [-0.05, 0) is 45.9 Å². The van der Waals surface area contributed by atoms with Crippen LogP contribution in [0.3, 0.4) is 0 Å². The van der Waals surface area contributed by atoms with Crippen molar-refractivity contribution in [2.45, 2.75) is 13.5 Å². The predicted molar refractivity (Wildman–Crippen MR) is 88.7 cm³/mol. The number of ether oxygens (including phenoxy) is 1. The van der Waals surface area contributed by atoms with Gasteiger partial charge in [-0.25, -0.2) is 9.78 Å². The molecule has 0 radical (unpaired) electrons. The van der Waals surface area contributed by atoms with Crippen molar-refractivity contribution in [3.05, 3.63) is 38.6 Å². The number of hydrogen-bond acceptors (Lipinski definition) is 6. The van der Waals surface area contributed by atoms with Gasteiger partial charge in [0.2, 0.25) is 0 Å². The molecule has 2 aromatic heterocycles. The fourth-order valence-electron chi connectivity index (χ4n) is 1.91. The van der Waals surface area contributed by atoms with E-state index in [1.54, 1.807) is 24.3 Å². The molecule has 2 heterocycles. The standard InChI is InChI=1S/C14H16BrN3O2S/c1-3-20-14(19)11-5-10(16)6-17-13(11)18(2)7-9-4-12(15)21-8-9/h4-6,8H,3,7,16H2,1-2H3. The summed E-state index contributed by atoms with van der Waals surface area (Å²) in [6.07, 6.45) is 1.54. The van der Waals surface area contributed by atoms with Crippen LogP contribution in [0.25, 0.3) is 0 Å². The van der Waals surface area contributed by atoms with E-state index in [1.807, 2.05) is 18.0 Å². The molecule has 7 heteroatoms. The number of anilines is 2. The Balaban J connectivity index is 2.27. The highest BCUT2D eigenvalue weighted by molar-refractivity contribution is 9.11. The van der Waals surface area contributed by atoms with Gasteiger partial charge in [0.05, 0.1) is 22.3 Å². The smallest absolute Gasteiger partial charge is 0.341 e. The van der Waals surface area contributed by atoms with Crippen LogP contribution in [0.15, 0.2) is 27.5 Å². The molecule has 0 atom stereocenters. The van der Waals surface area contributed by atoms with Gasteiger partial charge < -0.3 is 15.4 Å². The van der Waals surface area contributed by atoms with E-state index in [9.17, 15) is 4.79 Å². The SMILES string of the molecule is CCOC(=O)c1cc(N)cnc1N(C)Cc1csc(Br)c1. The van der Waals surface area contributed by atoms with Crippen molar-refractivity contribution in [1.29, 1.82) is 0 Å². The fourth-order valence-corrected chi connectivity index (χ4v) is 3.11. The maximum absolute atomic E-state index is 12.0. The van der Waals surface area contributed by atoms with Gasteiger partial charge in [-0.2, -0.15) is 0 Å². The molecule has 0 aromatic carbocycles. The normalized spacial score (nSPS) is 10.4. The molecular weight excluding hydrogens is 354 g/mol. The first-order valence-corrected chi connectivity index (χ1v) is 8.05. The zero-order valence-electron chi connectivity index (χ0n) is 11.8. The molecule has 2 aromatic rings. The molecule has 2 rings (SSSR count). The topological polar surface area (TPSA) is 68.5 Å². The number of esters is 1. The van der Waals surface area contributed by atoms with Crippen LogP contribution in [-0.2, 0) is 11.3 Å². The summed E-state index contributed by atoms with van der Waals surface area (Å²) in [6, 6.07) is 3.64. The molecule has 21 heavy (non-hydrogen) atoms. The maximum atomic E-state index is 12.0. The van der Waals surface area contributed by atoms with Gasteiger partial charge >= 0.3 is 5.97 Å². The van der Waals surface area contributed by atoms with Crippen LogP contribution in [0, 0.1) is 0 Å². The number of carbonyl (C=O) groups excluding carboxylic acids is 1. The second-order valence-corrected chi connectivity index (χ2v) is 6.77. The number of nitrogen functional groups attached to an aromatic ring is 1. The van der Waals surface area contributed by atoms with Crippen molar-refractivity contribution in [1.82, 2.24) is 4.98 Å². The highest BCUT2D eigenvalue weighted by Gasteiger charge is 2.18. The number of nitrogens with two attached hydrogens (primary N) is 1. The molecule has 0 saturated carbocycles. The van der Waals surface area contributed by atoms with Crippen LogP contribution in [0.5, 0.6) is 0 Å². The molecule has 112 valence electrons. The van der Waals surface area contributed by atoms with Crippen LogP contribution in [0.4, 0.5) is 11.5 Å². The molecule has 0 aliphatic rings. The minimum Gasteiger partial charge on any atom is -0.462 e. The Labute approximate surface area is 135 Å².